The second-order valence-corrected chi connectivity index (χ2v) is 9.28. The van der Waals surface area contributed by atoms with Crippen molar-refractivity contribution in [2.75, 3.05) is 64.4 Å². The first-order valence-electron chi connectivity index (χ1n) is 11.4. The molecule has 1 saturated carbocycles. The van der Waals surface area contributed by atoms with Crippen LogP contribution in [0.1, 0.15) is 29.2 Å². The monoisotopic (exact) mass is 462 g/mol. The molecular weight excluding hydrogens is 434 g/mol. The van der Waals surface area contributed by atoms with Crippen molar-refractivity contribution < 1.29 is 23.4 Å². The second-order valence-electron chi connectivity index (χ2n) is 9.28. The molecule has 0 radical (unpaired) electrons. The van der Waals surface area contributed by atoms with Gasteiger partial charge in [0.05, 0.1) is 23.6 Å². The minimum Gasteiger partial charge on any atom is -0.477 e. The molecule has 3 fully saturated rings. The summed E-state index contributed by atoms with van der Waals surface area (Å²) in [4.78, 5) is 30.4. The van der Waals surface area contributed by atoms with E-state index >= 15 is 8.78 Å². The minimum atomic E-state index is -1.40. The van der Waals surface area contributed by atoms with Gasteiger partial charge in [-0.15, -0.1) is 0 Å². The molecule has 1 atom stereocenters. The summed E-state index contributed by atoms with van der Waals surface area (Å²) in [6.45, 7) is 5.51. The van der Waals surface area contributed by atoms with Gasteiger partial charge in [0.25, 0.3) is 0 Å². The number of likely N-dealkylation sites (N-methyl/N-ethyl adjacent to an activating group) is 1. The Balaban J connectivity index is 1.49. The molecule has 1 aromatic heterocycles. The summed E-state index contributed by atoms with van der Waals surface area (Å²) >= 11 is 0. The number of piperazine rings is 1. The molecule has 1 unspecified atom stereocenters. The highest BCUT2D eigenvalue weighted by molar-refractivity contribution is 5.94. The second kappa shape index (κ2) is 8.66. The van der Waals surface area contributed by atoms with Gasteiger partial charge >= 0.3 is 5.97 Å². The van der Waals surface area contributed by atoms with Crippen LogP contribution in [-0.2, 0) is 4.74 Å². The molecule has 2 aliphatic heterocycles. The molecule has 8 nitrogen and oxygen atoms in total. The van der Waals surface area contributed by atoms with Gasteiger partial charge in [-0.3, -0.25) is 9.69 Å². The van der Waals surface area contributed by atoms with Crippen molar-refractivity contribution in [3.63, 3.8) is 0 Å². The average Bonchev–Trinajstić information content (AvgIpc) is 3.61. The number of morpholine rings is 1. The van der Waals surface area contributed by atoms with Crippen molar-refractivity contribution in [2.45, 2.75) is 25.0 Å². The van der Waals surface area contributed by atoms with Crippen LogP contribution in [0.4, 0.5) is 14.5 Å². The quantitative estimate of drug-likeness (QED) is 0.726. The zero-order valence-electron chi connectivity index (χ0n) is 18.6. The molecule has 33 heavy (non-hydrogen) atoms. The van der Waals surface area contributed by atoms with Gasteiger partial charge in [0, 0.05) is 58.1 Å². The molecule has 2 saturated heterocycles. The summed E-state index contributed by atoms with van der Waals surface area (Å²) in [7, 11) is 2.09. The number of aromatic carboxylic acids is 1. The average molecular weight is 462 g/mol. The van der Waals surface area contributed by atoms with E-state index in [1.165, 1.54) is 10.8 Å². The number of hydrogen-bond acceptors (Lipinski definition) is 6. The van der Waals surface area contributed by atoms with Crippen LogP contribution in [0.5, 0.6) is 0 Å². The lowest BCUT2D eigenvalue weighted by atomic mass is 10.1. The highest BCUT2D eigenvalue weighted by Gasteiger charge is 2.33. The van der Waals surface area contributed by atoms with Gasteiger partial charge in [0.15, 0.2) is 5.82 Å². The van der Waals surface area contributed by atoms with Crippen molar-refractivity contribution in [2.24, 2.45) is 0 Å². The molecule has 1 N–H and O–H groups in total. The Bertz CT molecular complexity index is 1140. The topological polar surface area (TPSA) is 78.3 Å². The Morgan fingerprint density at radius 2 is 1.91 bits per heavy atom. The van der Waals surface area contributed by atoms with Gasteiger partial charge in [-0.2, -0.15) is 0 Å². The predicted molar refractivity (Wildman–Crippen MR) is 119 cm³/mol. The number of halogens is 2. The Labute approximate surface area is 189 Å². The van der Waals surface area contributed by atoms with E-state index in [0.29, 0.717) is 26.2 Å². The number of fused-ring (bicyclic) bond motifs is 1. The number of anilines is 1. The number of ether oxygens (including phenoxy) is 1. The predicted octanol–water partition coefficient (Wildman–Crippen LogP) is 1.77. The van der Waals surface area contributed by atoms with Gasteiger partial charge in [0.2, 0.25) is 5.43 Å². The maximum absolute atomic E-state index is 15.9. The molecule has 3 heterocycles. The van der Waals surface area contributed by atoms with Crippen LogP contribution in [0.3, 0.4) is 0 Å². The molecule has 5 rings (SSSR count). The SMILES string of the molecule is CN1CCN(CC2CN(c3c(F)cc4c(=O)c(C(=O)O)cn(C5CC5)c4c3F)CCO2)CC1. The summed E-state index contributed by atoms with van der Waals surface area (Å²) < 4.78 is 38.5. The summed E-state index contributed by atoms with van der Waals surface area (Å²) in [5, 5.41) is 9.16. The fraction of sp³-hybridized carbons (Fsp3) is 0.565. The Morgan fingerprint density at radius 3 is 2.58 bits per heavy atom. The van der Waals surface area contributed by atoms with Crippen LogP contribution >= 0.6 is 0 Å². The van der Waals surface area contributed by atoms with Crippen LogP contribution in [-0.4, -0.2) is 91.0 Å². The number of carbonyl (C=O) groups is 1. The van der Waals surface area contributed by atoms with Crippen molar-refractivity contribution in [3.8, 4) is 0 Å². The van der Waals surface area contributed by atoms with E-state index in [2.05, 4.69) is 16.8 Å². The van der Waals surface area contributed by atoms with Crippen LogP contribution in [0.15, 0.2) is 17.1 Å². The number of carboxylic acids is 1. The number of carboxylic acid groups (broad SMARTS) is 1. The summed E-state index contributed by atoms with van der Waals surface area (Å²) in [6.07, 6.45) is 2.53. The maximum atomic E-state index is 15.9. The van der Waals surface area contributed by atoms with Gasteiger partial charge in [-0.05, 0) is 26.0 Å². The fourth-order valence-electron chi connectivity index (χ4n) is 4.87. The number of pyridine rings is 1. The number of hydrogen-bond donors (Lipinski definition) is 1. The van der Waals surface area contributed by atoms with E-state index in [4.69, 9.17) is 4.74 Å². The molecule has 178 valence electrons. The van der Waals surface area contributed by atoms with Gasteiger partial charge in [0.1, 0.15) is 17.1 Å². The van der Waals surface area contributed by atoms with Crippen molar-refractivity contribution >= 4 is 22.6 Å². The first-order chi connectivity index (χ1) is 15.8. The third-order valence-corrected chi connectivity index (χ3v) is 6.87. The molecule has 1 aromatic carbocycles. The fourth-order valence-corrected chi connectivity index (χ4v) is 4.87. The Kier molecular flexibility index (Phi) is 5.84. The molecule has 0 amide bonds. The molecule has 0 bridgehead atoms. The van der Waals surface area contributed by atoms with Gasteiger partial charge in [-0.1, -0.05) is 0 Å². The van der Waals surface area contributed by atoms with Crippen LogP contribution in [0.25, 0.3) is 10.9 Å². The van der Waals surface area contributed by atoms with E-state index in [0.717, 1.165) is 45.1 Å². The number of benzene rings is 1. The van der Waals surface area contributed by atoms with E-state index in [1.807, 2.05) is 0 Å². The Morgan fingerprint density at radius 1 is 1.18 bits per heavy atom. The first-order valence-corrected chi connectivity index (χ1v) is 11.4. The smallest absolute Gasteiger partial charge is 0.341 e. The molecule has 3 aliphatic rings. The van der Waals surface area contributed by atoms with Crippen molar-refractivity contribution in [1.29, 1.82) is 0 Å². The van der Waals surface area contributed by atoms with Crippen LogP contribution in [0.2, 0.25) is 0 Å². The minimum absolute atomic E-state index is 0.0222. The van der Waals surface area contributed by atoms with Crippen LogP contribution in [0, 0.1) is 11.6 Å². The summed E-state index contributed by atoms with van der Waals surface area (Å²) in [5.74, 6) is -3.07. The van der Waals surface area contributed by atoms with E-state index in [1.54, 1.807) is 4.90 Å². The maximum Gasteiger partial charge on any atom is 0.341 e. The lowest BCUT2D eigenvalue weighted by Gasteiger charge is -2.39. The number of aromatic nitrogens is 1. The third kappa shape index (κ3) is 4.22. The zero-order chi connectivity index (χ0) is 23.3. The molecule has 2 aromatic rings. The first kappa shape index (κ1) is 22.2. The highest BCUT2D eigenvalue weighted by Crippen LogP contribution is 2.39. The van der Waals surface area contributed by atoms with E-state index in [9.17, 15) is 14.7 Å². The normalized spacial score (nSPS) is 22.8. The van der Waals surface area contributed by atoms with Crippen molar-refractivity contribution in [3.05, 3.63) is 39.7 Å². The summed E-state index contributed by atoms with van der Waals surface area (Å²) in [6, 6.07) is 0.903. The highest BCUT2D eigenvalue weighted by atomic mass is 19.1. The molecular formula is C23H28F2N4O4. The van der Waals surface area contributed by atoms with Gasteiger partial charge < -0.3 is 24.2 Å². The number of nitrogens with zero attached hydrogens (tertiary/aromatic N) is 4. The molecule has 10 heteroatoms. The third-order valence-electron chi connectivity index (χ3n) is 6.87. The summed E-state index contributed by atoms with van der Waals surface area (Å²) in [5.41, 5.74) is -1.54. The van der Waals surface area contributed by atoms with Gasteiger partial charge in [-0.25, -0.2) is 13.6 Å². The Hall–Kier alpha value is -2.56. The van der Waals surface area contributed by atoms with Crippen LogP contribution < -0.4 is 10.3 Å². The molecule has 0 spiro atoms. The lowest BCUT2D eigenvalue weighted by molar-refractivity contribution is 0.00652. The van der Waals surface area contributed by atoms with E-state index in [-0.39, 0.29) is 28.7 Å². The largest absolute Gasteiger partial charge is 0.477 e. The number of rotatable bonds is 5. The van der Waals surface area contributed by atoms with E-state index < -0.39 is 28.6 Å². The zero-order valence-corrected chi connectivity index (χ0v) is 18.6. The lowest BCUT2D eigenvalue weighted by Crippen LogP contribution is -2.52. The van der Waals surface area contributed by atoms with Crippen molar-refractivity contribution in [1.82, 2.24) is 14.4 Å². The standard InChI is InChI=1S/C23H28F2N4O4/c1-26-4-6-27(7-5-26)11-15-12-28(8-9-33-15)21-18(24)10-16-20(19(21)25)29(14-2-3-14)13-17(22(16)30)23(31)32/h10,13-15H,2-9,11-12H2,1H3,(H,31,32). The molecule has 1 aliphatic carbocycles.